The first kappa shape index (κ1) is 13.8. The van der Waals surface area contributed by atoms with Crippen LogP contribution in [0.3, 0.4) is 0 Å². The van der Waals surface area contributed by atoms with Gasteiger partial charge in [-0.15, -0.1) is 0 Å². The summed E-state index contributed by atoms with van der Waals surface area (Å²) in [4.78, 5) is 4.78. The fourth-order valence-electron chi connectivity index (χ4n) is 3.07. The molecule has 110 valence electrons. The van der Waals surface area contributed by atoms with Gasteiger partial charge in [0, 0.05) is 38.8 Å². The van der Waals surface area contributed by atoms with Crippen molar-refractivity contribution in [1.82, 2.24) is 10.2 Å². The molecule has 1 aliphatic carbocycles. The Bertz CT molecular complexity index is 451. The van der Waals surface area contributed by atoms with Crippen molar-refractivity contribution >= 4 is 5.69 Å². The standard InChI is InChI=1S/C16H24FN3/c1-2-18-12-13-4-3-5-15(17)16(13)20-10-8-19(9-11-20)14-6-7-14/h3-5,14,18H,2,6-12H2,1H3. The molecule has 2 fully saturated rings. The summed E-state index contributed by atoms with van der Waals surface area (Å²) in [5.41, 5.74) is 1.88. The maximum Gasteiger partial charge on any atom is 0.146 e. The molecule has 0 amide bonds. The minimum absolute atomic E-state index is 0.0831. The fraction of sp³-hybridized carbons (Fsp3) is 0.625. The van der Waals surface area contributed by atoms with Gasteiger partial charge in [-0.1, -0.05) is 19.1 Å². The number of nitrogens with zero attached hydrogens (tertiary/aromatic N) is 2. The second-order valence-electron chi connectivity index (χ2n) is 5.78. The van der Waals surface area contributed by atoms with Gasteiger partial charge in [-0.25, -0.2) is 4.39 Å². The van der Waals surface area contributed by atoms with Crippen LogP contribution in [0, 0.1) is 5.82 Å². The first-order chi connectivity index (χ1) is 9.79. The summed E-state index contributed by atoms with van der Waals surface area (Å²) in [6.45, 7) is 7.75. The van der Waals surface area contributed by atoms with Crippen LogP contribution in [0.1, 0.15) is 25.3 Å². The van der Waals surface area contributed by atoms with Crippen molar-refractivity contribution < 1.29 is 4.39 Å². The third kappa shape index (κ3) is 2.96. The quantitative estimate of drug-likeness (QED) is 0.890. The lowest BCUT2D eigenvalue weighted by Crippen LogP contribution is -2.47. The minimum atomic E-state index is -0.0831. The van der Waals surface area contributed by atoms with Crippen LogP contribution in [-0.4, -0.2) is 43.7 Å². The molecule has 0 spiro atoms. The number of hydrogen-bond acceptors (Lipinski definition) is 3. The van der Waals surface area contributed by atoms with Crippen molar-refractivity contribution in [3.63, 3.8) is 0 Å². The number of nitrogens with one attached hydrogen (secondary N) is 1. The van der Waals surface area contributed by atoms with E-state index in [1.54, 1.807) is 6.07 Å². The van der Waals surface area contributed by atoms with Crippen LogP contribution >= 0.6 is 0 Å². The Hall–Kier alpha value is -1.13. The highest BCUT2D eigenvalue weighted by molar-refractivity contribution is 5.55. The Morgan fingerprint density at radius 1 is 1.20 bits per heavy atom. The van der Waals surface area contributed by atoms with E-state index in [0.29, 0.717) is 0 Å². The summed E-state index contributed by atoms with van der Waals surface area (Å²) < 4.78 is 14.2. The molecule has 3 nitrogen and oxygen atoms in total. The summed E-state index contributed by atoms with van der Waals surface area (Å²) in [6.07, 6.45) is 2.71. The molecule has 2 aliphatic rings. The van der Waals surface area contributed by atoms with Crippen LogP contribution in [0.2, 0.25) is 0 Å². The number of halogens is 1. The Labute approximate surface area is 120 Å². The summed E-state index contributed by atoms with van der Waals surface area (Å²) >= 11 is 0. The van der Waals surface area contributed by atoms with Crippen LogP contribution in [0.15, 0.2) is 18.2 Å². The number of rotatable bonds is 5. The minimum Gasteiger partial charge on any atom is -0.366 e. The third-order valence-electron chi connectivity index (χ3n) is 4.33. The second kappa shape index (κ2) is 6.10. The van der Waals surface area contributed by atoms with Crippen LogP contribution in [0.4, 0.5) is 10.1 Å². The average Bonchev–Trinajstić information content (AvgIpc) is 3.30. The molecule has 1 N–H and O–H groups in total. The largest absolute Gasteiger partial charge is 0.366 e. The van der Waals surface area contributed by atoms with Crippen molar-refractivity contribution in [1.29, 1.82) is 0 Å². The van der Waals surface area contributed by atoms with E-state index in [1.807, 2.05) is 12.1 Å². The molecule has 20 heavy (non-hydrogen) atoms. The van der Waals surface area contributed by atoms with Gasteiger partial charge < -0.3 is 10.2 Å². The molecule has 1 saturated heterocycles. The molecule has 0 bridgehead atoms. The molecular weight excluding hydrogens is 253 g/mol. The van der Waals surface area contributed by atoms with Gasteiger partial charge in [-0.3, -0.25) is 4.90 Å². The van der Waals surface area contributed by atoms with E-state index in [0.717, 1.165) is 56.6 Å². The third-order valence-corrected chi connectivity index (χ3v) is 4.33. The molecule has 3 rings (SSSR count). The molecule has 0 radical (unpaired) electrons. The zero-order valence-corrected chi connectivity index (χ0v) is 12.2. The maximum absolute atomic E-state index is 14.2. The van der Waals surface area contributed by atoms with Crippen LogP contribution in [0.25, 0.3) is 0 Å². The van der Waals surface area contributed by atoms with Gasteiger partial charge in [0.2, 0.25) is 0 Å². The van der Waals surface area contributed by atoms with Crippen LogP contribution < -0.4 is 10.2 Å². The highest BCUT2D eigenvalue weighted by Gasteiger charge is 2.32. The summed E-state index contributed by atoms with van der Waals surface area (Å²) in [7, 11) is 0. The van der Waals surface area contributed by atoms with E-state index < -0.39 is 0 Å². The molecular formula is C16H24FN3. The van der Waals surface area contributed by atoms with Crippen LogP contribution in [0.5, 0.6) is 0 Å². The number of hydrogen-bond donors (Lipinski definition) is 1. The Kier molecular flexibility index (Phi) is 4.22. The van der Waals surface area contributed by atoms with Crippen molar-refractivity contribution in [2.45, 2.75) is 32.4 Å². The molecule has 4 heteroatoms. The maximum atomic E-state index is 14.2. The molecule has 0 aromatic heterocycles. The van der Waals surface area contributed by atoms with Crippen molar-refractivity contribution in [2.24, 2.45) is 0 Å². The van der Waals surface area contributed by atoms with E-state index >= 15 is 0 Å². The Morgan fingerprint density at radius 2 is 1.95 bits per heavy atom. The number of piperazine rings is 1. The van der Waals surface area contributed by atoms with E-state index in [4.69, 9.17) is 0 Å². The molecule has 1 heterocycles. The average molecular weight is 277 g/mol. The van der Waals surface area contributed by atoms with Crippen molar-refractivity contribution in [3.05, 3.63) is 29.6 Å². The van der Waals surface area contributed by atoms with E-state index in [2.05, 4.69) is 22.0 Å². The summed E-state index contributed by atoms with van der Waals surface area (Å²) in [5.74, 6) is -0.0831. The molecule has 1 aromatic rings. The molecule has 1 saturated carbocycles. The van der Waals surface area contributed by atoms with E-state index in [1.165, 1.54) is 12.8 Å². The SMILES string of the molecule is CCNCc1cccc(F)c1N1CCN(C2CC2)CC1. The zero-order chi connectivity index (χ0) is 13.9. The monoisotopic (exact) mass is 277 g/mol. The second-order valence-corrected chi connectivity index (χ2v) is 5.78. The predicted molar refractivity (Wildman–Crippen MR) is 80.6 cm³/mol. The Balaban J connectivity index is 1.72. The van der Waals surface area contributed by atoms with Gasteiger partial charge in [0.25, 0.3) is 0 Å². The lowest BCUT2D eigenvalue weighted by atomic mass is 10.1. The molecule has 1 aromatic carbocycles. The first-order valence-corrected chi connectivity index (χ1v) is 7.76. The molecule has 0 atom stereocenters. The Morgan fingerprint density at radius 3 is 2.60 bits per heavy atom. The summed E-state index contributed by atoms with van der Waals surface area (Å²) in [6, 6.07) is 6.25. The first-order valence-electron chi connectivity index (χ1n) is 7.76. The van der Waals surface area contributed by atoms with Gasteiger partial charge in [0.05, 0.1) is 5.69 Å². The van der Waals surface area contributed by atoms with Gasteiger partial charge >= 0.3 is 0 Å². The van der Waals surface area contributed by atoms with E-state index in [-0.39, 0.29) is 5.82 Å². The normalized spacial score (nSPS) is 20.4. The van der Waals surface area contributed by atoms with E-state index in [9.17, 15) is 4.39 Å². The fourth-order valence-corrected chi connectivity index (χ4v) is 3.07. The topological polar surface area (TPSA) is 18.5 Å². The van der Waals surface area contributed by atoms with Gasteiger partial charge in [-0.2, -0.15) is 0 Å². The lowest BCUT2D eigenvalue weighted by Gasteiger charge is -2.37. The number of para-hydroxylation sites is 1. The molecule has 1 aliphatic heterocycles. The van der Waals surface area contributed by atoms with Crippen molar-refractivity contribution in [2.75, 3.05) is 37.6 Å². The summed E-state index contributed by atoms with van der Waals surface area (Å²) in [5, 5.41) is 3.30. The van der Waals surface area contributed by atoms with Crippen LogP contribution in [-0.2, 0) is 6.54 Å². The lowest BCUT2D eigenvalue weighted by molar-refractivity contribution is 0.247. The smallest absolute Gasteiger partial charge is 0.146 e. The zero-order valence-electron chi connectivity index (χ0n) is 12.2. The van der Waals surface area contributed by atoms with Gasteiger partial charge in [0.1, 0.15) is 5.82 Å². The van der Waals surface area contributed by atoms with Crippen molar-refractivity contribution in [3.8, 4) is 0 Å². The molecule has 0 unspecified atom stereocenters. The van der Waals surface area contributed by atoms with Gasteiger partial charge in [0.15, 0.2) is 0 Å². The number of benzene rings is 1. The van der Waals surface area contributed by atoms with Gasteiger partial charge in [-0.05, 0) is 31.0 Å². The number of anilines is 1. The highest BCUT2D eigenvalue weighted by Crippen LogP contribution is 2.30. The predicted octanol–water partition coefficient (Wildman–Crippen LogP) is 2.22. The highest BCUT2D eigenvalue weighted by atomic mass is 19.1.